The van der Waals surface area contributed by atoms with Crippen molar-refractivity contribution in [3.05, 3.63) is 66.1 Å². The van der Waals surface area contributed by atoms with Gasteiger partial charge in [0.1, 0.15) is 0 Å². The molecule has 0 spiro atoms. The van der Waals surface area contributed by atoms with Crippen LogP contribution in [0.4, 0.5) is 0 Å². The minimum absolute atomic E-state index is 0.0427. The van der Waals surface area contributed by atoms with Gasteiger partial charge in [0.05, 0.1) is 12.2 Å². The van der Waals surface area contributed by atoms with E-state index in [1.807, 2.05) is 43.5 Å². The van der Waals surface area contributed by atoms with E-state index in [2.05, 4.69) is 33.1 Å². The number of rotatable bonds is 5. The summed E-state index contributed by atoms with van der Waals surface area (Å²) < 4.78 is 2.11. The maximum Gasteiger partial charge on any atom is 0.222 e. The number of hydrogen-bond donors (Lipinski definition) is 1. The Labute approximate surface area is 129 Å². The van der Waals surface area contributed by atoms with E-state index in [1.165, 1.54) is 5.39 Å². The third kappa shape index (κ3) is 3.34. The first-order chi connectivity index (χ1) is 10.7. The van der Waals surface area contributed by atoms with E-state index in [-0.39, 0.29) is 5.91 Å². The molecule has 1 N–H and O–H groups in total. The lowest BCUT2D eigenvalue weighted by molar-refractivity contribution is -0.121. The first-order valence-electron chi connectivity index (χ1n) is 7.45. The highest BCUT2D eigenvalue weighted by molar-refractivity contribution is 5.80. The van der Waals surface area contributed by atoms with E-state index in [9.17, 15) is 4.79 Å². The molecule has 0 atom stereocenters. The van der Waals surface area contributed by atoms with Crippen LogP contribution in [0.25, 0.3) is 10.9 Å². The normalized spacial score (nSPS) is 10.8. The zero-order valence-corrected chi connectivity index (χ0v) is 12.6. The fourth-order valence-corrected chi connectivity index (χ4v) is 2.53. The Morgan fingerprint density at radius 2 is 2.00 bits per heavy atom. The van der Waals surface area contributed by atoms with Crippen LogP contribution in [0.3, 0.4) is 0 Å². The Bertz CT molecular complexity index is 792. The van der Waals surface area contributed by atoms with Crippen LogP contribution in [0.2, 0.25) is 0 Å². The molecule has 0 aliphatic rings. The molecular formula is C18H19N3O. The molecule has 0 aliphatic carbocycles. The molecule has 0 bridgehead atoms. The second kappa shape index (κ2) is 6.43. The predicted octanol–water partition coefficient (Wildman–Crippen LogP) is 3.05. The van der Waals surface area contributed by atoms with Crippen LogP contribution in [-0.2, 0) is 17.9 Å². The van der Waals surface area contributed by atoms with Gasteiger partial charge in [-0.05, 0) is 36.6 Å². The van der Waals surface area contributed by atoms with Crippen LogP contribution < -0.4 is 5.32 Å². The number of carbonyl (C=O) groups excluding carboxylic acids is 1. The number of benzene rings is 1. The SMILES string of the molecule is Cc1cccc(CNC(=O)CCn2ccc3ccccc32)n1. The molecule has 2 heterocycles. The van der Waals surface area contributed by atoms with Crippen molar-refractivity contribution < 1.29 is 4.79 Å². The van der Waals surface area contributed by atoms with Gasteiger partial charge in [0.15, 0.2) is 0 Å². The third-order valence-electron chi connectivity index (χ3n) is 3.67. The van der Waals surface area contributed by atoms with Gasteiger partial charge >= 0.3 is 0 Å². The Morgan fingerprint density at radius 3 is 2.86 bits per heavy atom. The number of carbonyl (C=O) groups is 1. The maximum absolute atomic E-state index is 12.0. The highest BCUT2D eigenvalue weighted by Gasteiger charge is 2.05. The van der Waals surface area contributed by atoms with E-state index in [0.717, 1.165) is 16.9 Å². The van der Waals surface area contributed by atoms with Crippen LogP contribution in [0.5, 0.6) is 0 Å². The van der Waals surface area contributed by atoms with E-state index < -0.39 is 0 Å². The van der Waals surface area contributed by atoms with Gasteiger partial charge in [0, 0.05) is 30.4 Å². The summed E-state index contributed by atoms with van der Waals surface area (Å²) in [6.07, 6.45) is 2.49. The lowest BCUT2D eigenvalue weighted by Crippen LogP contribution is -2.24. The lowest BCUT2D eigenvalue weighted by atomic mass is 10.2. The van der Waals surface area contributed by atoms with Crippen molar-refractivity contribution in [2.45, 2.75) is 26.4 Å². The zero-order chi connectivity index (χ0) is 15.4. The standard InChI is InChI=1S/C18H19N3O/c1-14-5-4-7-16(20-14)13-19-18(22)10-12-21-11-9-15-6-2-3-8-17(15)21/h2-9,11H,10,12-13H2,1H3,(H,19,22). The van der Waals surface area contributed by atoms with Gasteiger partial charge in [0.25, 0.3) is 0 Å². The van der Waals surface area contributed by atoms with Gasteiger partial charge in [-0.3, -0.25) is 9.78 Å². The maximum atomic E-state index is 12.0. The Hall–Kier alpha value is -2.62. The molecule has 0 aliphatic heterocycles. The number of aromatic nitrogens is 2. The molecule has 4 heteroatoms. The van der Waals surface area contributed by atoms with Crippen molar-refractivity contribution in [2.24, 2.45) is 0 Å². The fourth-order valence-electron chi connectivity index (χ4n) is 2.53. The first-order valence-corrected chi connectivity index (χ1v) is 7.45. The number of fused-ring (bicyclic) bond motifs is 1. The number of pyridine rings is 1. The number of amides is 1. The summed E-state index contributed by atoms with van der Waals surface area (Å²) in [6.45, 7) is 3.11. The molecular weight excluding hydrogens is 274 g/mol. The van der Waals surface area contributed by atoms with Crippen molar-refractivity contribution in [2.75, 3.05) is 0 Å². The largest absolute Gasteiger partial charge is 0.350 e. The lowest BCUT2D eigenvalue weighted by Gasteiger charge is -2.07. The Morgan fingerprint density at radius 1 is 1.14 bits per heavy atom. The Balaban J connectivity index is 1.54. The summed E-state index contributed by atoms with van der Waals surface area (Å²) >= 11 is 0. The second-order valence-corrected chi connectivity index (χ2v) is 5.36. The van der Waals surface area contributed by atoms with Gasteiger partial charge in [0.2, 0.25) is 5.91 Å². The van der Waals surface area contributed by atoms with Crippen molar-refractivity contribution in [3.63, 3.8) is 0 Å². The highest BCUT2D eigenvalue weighted by Crippen LogP contribution is 2.15. The summed E-state index contributed by atoms with van der Waals surface area (Å²) in [4.78, 5) is 16.4. The summed E-state index contributed by atoms with van der Waals surface area (Å²) in [6, 6.07) is 16.1. The average molecular weight is 293 g/mol. The summed E-state index contributed by atoms with van der Waals surface area (Å²) in [5.41, 5.74) is 3.01. The van der Waals surface area contributed by atoms with E-state index in [1.54, 1.807) is 0 Å². The summed E-state index contributed by atoms with van der Waals surface area (Å²) in [7, 11) is 0. The summed E-state index contributed by atoms with van der Waals surface area (Å²) in [5, 5.41) is 4.12. The second-order valence-electron chi connectivity index (χ2n) is 5.36. The number of aryl methyl sites for hydroxylation is 2. The van der Waals surface area contributed by atoms with Crippen molar-refractivity contribution in [1.29, 1.82) is 0 Å². The minimum Gasteiger partial charge on any atom is -0.350 e. The molecule has 3 aromatic rings. The molecule has 112 valence electrons. The van der Waals surface area contributed by atoms with Crippen molar-refractivity contribution >= 4 is 16.8 Å². The van der Waals surface area contributed by atoms with Crippen molar-refractivity contribution in [1.82, 2.24) is 14.9 Å². The summed E-state index contributed by atoms with van der Waals surface area (Å²) in [5.74, 6) is 0.0427. The van der Waals surface area contributed by atoms with E-state index >= 15 is 0 Å². The number of para-hydroxylation sites is 1. The molecule has 0 saturated carbocycles. The van der Waals surface area contributed by atoms with Gasteiger partial charge < -0.3 is 9.88 Å². The smallest absolute Gasteiger partial charge is 0.222 e. The highest BCUT2D eigenvalue weighted by atomic mass is 16.1. The van der Waals surface area contributed by atoms with Crippen molar-refractivity contribution in [3.8, 4) is 0 Å². The van der Waals surface area contributed by atoms with Gasteiger partial charge in [-0.1, -0.05) is 24.3 Å². The molecule has 1 amide bonds. The zero-order valence-electron chi connectivity index (χ0n) is 12.6. The fraction of sp³-hybridized carbons (Fsp3) is 0.222. The first kappa shape index (κ1) is 14.3. The Kier molecular flexibility index (Phi) is 4.19. The molecule has 0 radical (unpaired) electrons. The van der Waals surface area contributed by atoms with Gasteiger partial charge in [-0.2, -0.15) is 0 Å². The molecule has 0 fully saturated rings. The molecule has 3 rings (SSSR count). The van der Waals surface area contributed by atoms with Crippen LogP contribution >= 0.6 is 0 Å². The van der Waals surface area contributed by atoms with Crippen LogP contribution in [-0.4, -0.2) is 15.5 Å². The molecule has 4 nitrogen and oxygen atoms in total. The quantitative estimate of drug-likeness (QED) is 0.786. The minimum atomic E-state index is 0.0427. The molecule has 1 aromatic carbocycles. The molecule has 2 aromatic heterocycles. The van der Waals surface area contributed by atoms with E-state index in [4.69, 9.17) is 0 Å². The van der Waals surface area contributed by atoms with Crippen LogP contribution in [0.15, 0.2) is 54.7 Å². The van der Waals surface area contributed by atoms with Crippen LogP contribution in [0, 0.1) is 6.92 Å². The number of nitrogens with zero attached hydrogens (tertiary/aromatic N) is 2. The third-order valence-corrected chi connectivity index (χ3v) is 3.67. The molecule has 0 saturated heterocycles. The molecule has 0 unspecified atom stereocenters. The van der Waals surface area contributed by atoms with Gasteiger partial charge in [-0.25, -0.2) is 0 Å². The average Bonchev–Trinajstić information content (AvgIpc) is 2.94. The number of nitrogens with one attached hydrogen (secondary N) is 1. The topological polar surface area (TPSA) is 46.9 Å². The number of hydrogen-bond acceptors (Lipinski definition) is 2. The monoisotopic (exact) mass is 293 g/mol. The predicted molar refractivity (Wildman–Crippen MR) is 87.4 cm³/mol. The van der Waals surface area contributed by atoms with E-state index in [0.29, 0.717) is 19.5 Å². The van der Waals surface area contributed by atoms with Crippen LogP contribution in [0.1, 0.15) is 17.8 Å². The van der Waals surface area contributed by atoms with Gasteiger partial charge in [-0.15, -0.1) is 0 Å². The molecule has 22 heavy (non-hydrogen) atoms.